The van der Waals surface area contributed by atoms with E-state index in [1.807, 2.05) is 44.4 Å². The Balaban J connectivity index is 1.83. The monoisotopic (exact) mass is 335 g/mol. The average molecular weight is 335 g/mol. The van der Waals surface area contributed by atoms with Gasteiger partial charge in [-0.25, -0.2) is 0 Å². The Morgan fingerprint density at radius 1 is 1.12 bits per heavy atom. The number of ketones is 1. The van der Waals surface area contributed by atoms with Gasteiger partial charge in [-0.15, -0.1) is 0 Å². The van der Waals surface area contributed by atoms with E-state index in [9.17, 15) is 9.90 Å². The van der Waals surface area contributed by atoms with Crippen molar-refractivity contribution < 1.29 is 9.90 Å². The molecule has 25 heavy (non-hydrogen) atoms. The molecule has 0 fully saturated rings. The lowest BCUT2D eigenvalue weighted by Gasteiger charge is -2.30. The number of carbonyl (C=O) groups excluding carboxylic acids is 1. The molecule has 5 nitrogen and oxygen atoms in total. The molecular weight excluding hydrogens is 314 g/mol. The standard InChI is InChI=1S/C20H21N3O2/c1-23(2)10-9-21-20-18-17(13-5-3-4-6-14(13)19(18)25)15-8-7-12(24)11-16(15)22-20/h3-8,11,17-18,24H,9-10H2,1-2H3,(H,21,22). The highest BCUT2D eigenvalue weighted by Gasteiger charge is 2.46. The molecule has 2 unspecified atom stereocenters. The molecule has 1 aliphatic carbocycles. The van der Waals surface area contributed by atoms with E-state index >= 15 is 0 Å². The van der Waals surface area contributed by atoms with Crippen molar-refractivity contribution in [2.75, 3.05) is 32.5 Å². The molecule has 0 amide bonds. The summed E-state index contributed by atoms with van der Waals surface area (Å²) in [6.45, 7) is 1.44. The van der Waals surface area contributed by atoms with Crippen LogP contribution in [0.4, 0.5) is 5.69 Å². The first kappa shape index (κ1) is 15.8. The van der Waals surface area contributed by atoms with Gasteiger partial charge in [-0.2, -0.15) is 0 Å². The second-order valence-electron chi connectivity index (χ2n) is 6.87. The number of hydrogen-bond donors (Lipinski definition) is 2. The van der Waals surface area contributed by atoms with Gasteiger partial charge in [-0.1, -0.05) is 30.3 Å². The van der Waals surface area contributed by atoms with Crippen LogP contribution in [-0.4, -0.2) is 48.8 Å². The summed E-state index contributed by atoms with van der Waals surface area (Å²) in [6, 6.07) is 13.1. The van der Waals surface area contributed by atoms with E-state index in [1.54, 1.807) is 12.1 Å². The fraction of sp³-hybridized carbons (Fsp3) is 0.300. The summed E-state index contributed by atoms with van der Waals surface area (Å²) in [5.74, 6) is 0.673. The number of rotatable bonds is 3. The molecule has 4 rings (SSSR count). The Bertz CT molecular complexity index is 873. The number of benzene rings is 2. The smallest absolute Gasteiger partial charge is 0.174 e. The molecule has 0 aromatic heterocycles. The Kier molecular flexibility index (Phi) is 3.81. The van der Waals surface area contributed by atoms with Gasteiger partial charge >= 0.3 is 0 Å². The summed E-state index contributed by atoms with van der Waals surface area (Å²) in [6.07, 6.45) is 0. The fourth-order valence-electron chi connectivity index (χ4n) is 3.77. The lowest BCUT2D eigenvalue weighted by Crippen LogP contribution is -2.36. The predicted molar refractivity (Wildman–Crippen MR) is 98.7 cm³/mol. The van der Waals surface area contributed by atoms with Crippen molar-refractivity contribution in [2.24, 2.45) is 10.9 Å². The van der Waals surface area contributed by atoms with Crippen molar-refractivity contribution >= 4 is 17.3 Å². The third-order valence-corrected chi connectivity index (χ3v) is 4.94. The summed E-state index contributed by atoms with van der Waals surface area (Å²) in [5.41, 5.74) is 3.69. The van der Waals surface area contributed by atoms with Gasteiger partial charge in [0.05, 0.1) is 12.5 Å². The van der Waals surface area contributed by atoms with E-state index in [-0.39, 0.29) is 23.4 Å². The first-order chi connectivity index (χ1) is 12.1. The molecule has 1 heterocycles. The molecule has 1 aliphatic heterocycles. The van der Waals surface area contributed by atoms with E-state index in [2.05, 4.69) is 15.2 Å². The Morgan fingerprint density at radius 2 is 1.92 bits per heavy atom. The van der Waals surface area contributed by atoms with Crippen molar-refractivity contribution in [3.8, 4) is 5.75 Å². The number of nitrogens with one attached hydrogen (secondary N) is 1. The average Bonchev–Trinajstić information content (AvgIpc) is 2.88. The number of Topliss-reactive ketones (excluding diaryl/α,β-unsaturated/α-hetero) is 1. The molecule has 2 aromatic carbocycles. The number of aliphatic imine (C=N–C) groups is 1. The summed E-state index contributed by atoms with van der Waals surface area (Å²) >= 11 is 0. The van der Waals surface area contributed by atoms with Gasteiger partial charge in [-0.05, 0) is 31.3 Å². The van der Waals surface area contributed by atoms with Gasteiger partial charge in [0.2, 0.25) is 0 Å². The predicted octanol–water partition coefficient (Wildman–Crippen LogP) is 2.72. The zero-order chi connectivity index (χ0) is 17.6. The van der Waals surface area contributed by atoms with Crippen molar-refractivity contribution in [1.82, 2.24) is 4.90 Å². The minimum Gasteiger partial charge on any atom is -0.508 e. The minimum absolute atomic E-state index is 0.0429. The van der Waals surface area contributed by atoms with Crippen molar-refractivity contribution in [3.05, 3.63) is 59.2 Å². The van der Waals surface area contributed by atoms with Crippen LogP contribution in [0.2, 0.25) is 0 Å². The summed E-state index contributed by atoms with van der Waals surface area (Å²) in [5, 5.41) is 13.2. The topological polar surface area (TPSA) is 64.9 Å². The lowest BCUT2D eigenvalue weighted by atomic mass is 9.81. The third kappa shape index (κ3) is 2.61. The van der Waals surface area contributed by atoms with Crippen molar-refractivity contribution in [2.45, 2.75) is 5.92 Å². The maximum Gasteiger partial charge on any atom is 0.174 e. The number of likely N-dealkylation sites (N-methyl/N-ethyl adjacent to an activating group) is 1. The highest BCUT2D eigenvalue weighted by molar-refractivity contribution is 6.21. The summed E-state index contributed by atoms with van der Waals surface area (Å²) < 4.78 is 0. The number of anilines is 1. The van der Waals surface area contributed by atoms with Crippen LogP contribution >= 0.6 is 0 Å². The Morgan fingerprint density at radius 3 is 2.72 bits per heavy atom. The number of fused-ring (bicyclic) bond motifs is 5. The molecule has 2 aromatic rings. The fourth-order valence-corrected chi connectivity index (χ4v) is 3.77. The van der Waals surface area contributed by atoms with Crippen molar-refractivity contribution in [1.29, 1.82) is 0 Å². The second-order valence-corrected chi connectivity index (χ2v) is 6.87. The van der Waals surface area contributed by atoms with E-state index in [0.717, 1.165) is 28.9 Å². The van der Waals surface area contributed by atoms with Crippen LogP contribution in [0, 0.1) is 5.92 Å². The minimum atomic E-state index is -0.309. The maximum atomic E-state index is 13.0. The molecule has 0 saturated heterocycles. The maximum absolute atomic E-state index is 13.0. The van der Waals surface area contributed by atoms with Gasteiger partial charge in [0.1, 0.15) is 11.6 Å². The van der Waals surface area contributed by atoms with Crippen LogP contribution in [0.1, 0.15) is 27.4 Å². The second kappa shape index (κ2) is 6.01. The zero-order valence-corrected chi connectivity index (χ0v) is 14.4. The molecule has 2 atom stereocenters. The first-order valence-corrected chi connectivity index (χ1v) is 8.48. The Hall–Kier alpha value is -2.66. The van der Waals surface area contributed by atoms with Gasteiger partial charge in [-0.3, -0.25) is 9.79 Å². The van der Waals surface area contributed by atoms with Crippen molar-refractivity contribution in [3.63, 3.8) is 0 Å². The molecule has 0 bridgehead atoms. The number of hydrogen-bond acceptors (Lipinski definition) is 4. The van der Waals surface area contributed by atoms with E-state index < -0.39 is 0 Å². The van der Waals surface area contributed by atoms with Gasteiger partial charge in [0.15, 0.2) is 5.78 Å². The quantitative estimate of drug-likeness (QED) is 0.905. The van der Waals surface area contributed by atoms with Crippen LogP contribution in [0.5, 0.6) is 5.75 Å². The van der Waals surface area contributed by atoms with Gasteiger partial charge in [0, 0.05) is 29.8 Å². The SMILES string of the molecule is CN(C)CCN=C1Nc2cc(O)ccc2C2c3ccccc3C(=O)C12. The number of phenols is 1. The summed E-state index contributed by atoms with van der Waals surface area (Å²) in [7, 11) is 4.00. The number of amidine groups is 1. The van der Waals surface area contributed by atoms with Crippen LogP contribution in [-0.2, 0) is 0 Å². The van der Waals surface area contributed by atoms with E-state index in [1.165, 1.54) is 0 Å². The molecule has 5 heteroatoms. The van der Waals surface area contributed by atoms with E-state index in [0.29, 0.717) is 12.4 Å². The van der Waals surface area contributed by atoms with Crippen LogP contribution in [0.15, 0.2) is 47.5 Å². The van der Waals surface area contributed by atoms with Gasteiger partial charge < -0.3 is 15.3 Å². The largest absolute Gasteiger partial charge is 0.508 e. The van der Waals surface area contributed by atoms with Gasteiger partial charge in [0.25, 0.3) is 0 Å². The molecule has 0 radical (unpaired) electrons. The number of aromatic hydroxyl groups is 1. The van der Waals surface area contributed by atoms with E-state index in [4.69, 9.17) is 0 Å². The zero-order valence-electron chi connectivity index (χ0n) is 14.4. The van der Waals surface area contributed by atoms with Crippen LogP contribution in [0.3, 0.4) is 0 Å². The highest BCUT2D eigenvalue weighted by atomic mass is 16.3. The lowest BCUT2D eigenvalue weighted by molar-refractivity contribution is 0.0962. The molecule has 0 spiro atoms. The van der Waals surface area contributed by atoms with Crippen LogP contribution in [0.25, 0.3) is 0 Å². The highest BCUT2D eigenvalue weighted by Crippen LogP contribution is 2.48. The Labute approximate surface area is 147 Å². The number of carbonyl (C=O) groups is 1. The normalized spacial score (nSPS) is 22.5. The number of phenolic OH excluding ortho intramolecular Hbond substituents is 1. The number of nitrogens with zero attached hydrogens (tertiary/aromatic N) is 2. The third-order valence-electron chi connectivity index (χ3n) is 4.94. The molecular formula is C20H21N3O2. The molecule has 2 aliphatic rings. The van der Waals surface area contributed by atoms with Crippen LogP contribution < -0.4 is 5.32 Å². The first-order valence-electron chi connectivity index (χ1n) is 8.48. The summed E-state index contributed by atoms with van der Waals surface area (Å²) in [4.78, 5) is 19.8. The molecule has 0 saturated carbocycles. The molecule has 128 valence electrons. The molecule has 2 N–H and O–H groups in total.